The van der Waals surface area contributed by atoms with E-state index < -0.39 is 61.2 Å². The summed E-state index contributed by atoms with van der Waals surface area (Å²) < 4.78 is 36.4. The van der Waals surface area contributed by atoms with Crippen LogP contribution in [0.25, 0.3) is 0 Å². The molecule has 2 heterocycles. The van der Waals surface area contributed by atoms with Crippen LogP contribution in [0.2, 0.25) is 0 Å². The number of aromatic amines is 1. The van der Waals surface area contributed by atoms with Crippen LogP contribution in [0.4, 0.5) is 0 Å². The number of aromatic nitrogens is 2. The van der Waals surface area contributed by atoms with Crippen LogP contribution in [0.1, 0.15) is 66.9 Å². The van der Waals surface area contributed by atoms with E-state index in [0.29, 0.717) is 0 Å². The zero-order valence-corrected chi connectivity index (χ0v) is 28.3. The fourth-order valence-electron chi connectivity index (χ4n) is 5.41. The van der Waals surface area contributed by atoms with Crippen molar-refractivity contribution < 1.29 is 47.6 Å². The molecule has 0 bridgehead atoms. The minimum Gasteiger partial charge on any atom is -0.459 e. The number of rotatable bonds is 12. The van der Waals surface area contributed by atoms with Crippen LogP contribution in [0.5, 0.6) is 5.88 Å². The van der Waals surface area contributed by atoms with Crippen LogP contribution in [0.15, 0.2) is 127 Å². The molecule has 0 saturated carbocycles. The quantitative estimate of drug-likeness (QED) is 0.117. The van der Waals surface area contributed by atoms with Gasteiger partial charge in [0, 0.05) is 11.8 Å². The molecule has 0 unspecified atom stereocenters. The Hall–Kier alpha value is -6.27. The molecule has 266 valence electrons. The molecule has 1 saturated heterocycles. The van der Waals surface area contributed by atoms with E-state index in [1.54, 1.807) is 127 Å². The lowest BCUT2D eigenvalue weighted by Gasteiger charge is -2.44. The van der Waals surface area contributed by atoms with Crippen LogP contribution in [-0.4, -0.2) is 71.4 Å². The van der Waals surface area contributed by atoms with Crippen molar-refractivity contribution in [2.24, 2.45) is 0 Å². The Balaban J connectivity index is 1.41. The van der Waals surface area contributed by atoms with Crippen molar-refractivity contribution in [1.82, 2.24) is 10.2 Å². The van der Waals surface area contributed by atoms with E-state index in [1.165, 1.54) is 0 Å². The molecule has 1 aliphatic heterocycles. The van der Waals surface area contributed by atoms with E-state index in [0.717, 1.165) is 5.69 Å². The first-order chi connectivity index (χ1) is 25.3. The minimum atomic E-state index is -1.55. The predicted octanol–water partition coefficient (Wildman–Crippen LogP) is 6.17. The molecule has 1 fully saturated rings. The lowest BCUT2D eigenvalue weighted by molar-refractivity contribution is -0.276. The highest BCUT2D eigenvalue weighted by molar-refractivity contribution is 5.91. The number of hydrogen-bond donors (Lipinski definition) is 1. The van der Waals surface area contributed by atoms with E-state index in [9.17, 15) is 19.2 Å². The summed E-state index contributed by atoms with van der Waals surface area (Å²) in [5.74, 6) is -2.93. The summed E-state index contributed by atoms with van der Waals surface area (Å²) in [5.41, 5.74) is 1.56. The molecular weight excluding hydrogens is 668 g/mol. The largest absolute Gasteiger partial charge is 0.459 e. The number of carbonyl (C=O) groups excluding carboxylic acids is 4. The summed E-state index contributed by atoms with van der Waals surface area (Å²) in [6, 6.07) is 34.4. The van der Waals surface area contributed by atoms with Crippen LogP contribution < -0.4 is 4.74 Å². The number of nitrogens with zero attached hydrogens (tertiary/aromatic N) is 1. The first kappa shape index (κ1) is 35.6. The molecule has 12 nitrogen and oxygen atoms in total. The number of carbonyl (C=O) groups is 4. The lowest BCUT2D eigenvalue weighted by atomic mass is 9.97. The summed E-state index contributed by atoms with van der Waals surface area (Å²) in [7, 11) is 0. The molecule has 52 heavy (non-hydrogen) atoms. The van der Waals surface area contributed by atoms with Crippen molar-refractivity contribution in [3.8, 4) is 5.88 Å². The molecule has 1 N–H and O–H groups in total. The molecule has 5 atom stereocenters. The van der Waals surface area contributed by atoms with E-state index >= 15 is 0 Å². The van der Waals surface area contributed by atoms with Gasteiger partial charge in [-0.25, -0.2) is 19.2 Å². The minimum absolute atomic E-state index is 0.0651. The summed E-state index contributed by atoms with van der Waals surface area (Å²) in [4.78, 5) is 54.1. The molecule has 0 spiro atoms. The molecule has 12 heteroatoms. The summed E-state index contributed by atoms with van der Waals surface area (Å²) in [6.45, 7) is 3.44. The smallest absolute Gasteiger partial charge is 0.338 e. The Kier molecular flexibility index (Phi) is 11.4. The molecule has 1 aliphatic rings. The van der Waals surface area contributed by atoms with E-state index in [2.05, 4.69) is 10.2 Å². The van der Waals surface area contributed by atoms with Crippen molar-refractivity contribution in [2.75, 3.05) is 6.61 Å². The Morgan fingerprint density at radius 1 is 0.615 bits per heavy atom. The Bertz CT molecular complexity index is 1950. The van der Waals surface area contributed by atoms with Gasteiger partial charge < -0.3 is 28.4 Å². The number of H-pyrrole nitrogens is 1. The maximum atomic E-state index is 13.7. The zero-order chi connectivity index (χ0) is 36.5. The Labute approximate surface area is 299 Å². The predicted molar refractivity (Wildman–Crippen MR) is 186 cm³/mol. The number of hydrogen-bond acceptors (Lipinski definition) is 11. The SMILES string of the molecule is CC(C)c1cc(O[C@@H]2O[C@H](COC(=O)c3ccccc3)[C@@H](OC(=O)c3ccccc3)[C@H](OC(=O)c3ccccc3)[C@H]2OC(=O)c2ccccc2)n[nH]1. The van der Waals surface area contributed by atoms with Gasteiger partial charge in [-0.3, -0.25) is 5.10 Å². The molecule has 0 radical (unpaired) electrons. The highest BCUT2D eigenvalue weighted by Gasteiger charge is 2.54. The number of nitrogens with one attached hydrogen (secondary N) is 1. The molecule has 6 rings (SSSR count). The molecule has 4 aromatic carbocycles. The maximum Gasteiger partial charge on any atom is 0.338 e. The van der Waals surface area contributed by atoms with E-state index in [4.69, 9.17) is 28.4 Å². The van der Waals surface area contributed by atoms with Gasteiger partial charge in [-0.1, -0.05) is 86.6 Å². The van der Waals surface area contributed by atoms with Gasteiger partial charge in [0.25, 0.3) is 0 Å². The topological polar surface area (TPSA) is 152 Å². The van der Waals surface area contributed by atoms with E-state index in [-0.39, 0.29) is 34.1 Å². The van der Waals surface area contributed by atoms with Crippen molar-refractivity contribution in [3.05, 3.63) is 155 Å². The van der Waals surface area contributed by atoms with Gasteiger partial charge in [0.05, 0.1) is 22.3 Å². The standard InChI is InChI=1S/C40H36N2O10/c1-25(2)30-23-32(42-41-30)49-40-35(52-39(46)29-21-13-6-14-22-29)34(51-38(45)28-19-11-5-12-20-28)33(50-37(44)27-17-9-4-10-18-27)31(48-40)24-47-36(43)26-15-7-3-8-16-26/h3-23,25,31,33-35,40H,24H2,1-2H3,(H,41,42)/t31-,33-,34+,35-,40+/m1/s1. The second kappa shape index (κ2) is 16.6. The van der Waals surface area contributed by atoms with Crippen LogP contribution in [0, 0.1) is 0 Å². The normalized spacial score (nSPS) is 19.6. The number of benzene rings is 4. The number of ether oxygens (including phenoxy) is 6. The highest BCUT2D eigenvalue weighted by atomic mass is 16.7. The van der Waals surface area contributed by atoms with Gasteiger partial charge in [0.15, 0.2) is 12.2 Å². The lowest BCUT2D eigenvalue weighted by Crippen LogP contribution is -2.64. The Morgan fingerprint density at radius 2 is 1.04 bits per heavy atom. The Morgan fingerprint density at radius 3 is 1.48 bits per heavy atom. The third-order valence-corrected chi connectivity index (χ3v) is 8.17. The summed E-state index contributed by atoms with van der Waals surface area (Å²) in [6.07, 6.45) is -7.36. The second-order valence-corrected chi connectivity index (χ2v) is 12.1. The van der Waals surface area contributed by atoms with Gasteiger partial charge in [0.2, 0.25) is 18.3 Å². The van der Waals surface area contributed by atoms with Crippen molar-refractivity contribution in [3.63, 3.8) is 0 Å². The molecule has 1 aromatic heterocycles. The third kappa shape index (κ3) is 8.71. The average molecular weight is 705 g/mol. The monoisotopic (exact) mass is 704 g/mol. The third-order valence-electron chi connectivity index (χ3n) is 8.17. The second-order valence-electron chi connectivity index (χ2n) is 12.1. The zero-order valence-electron chi connectivity index (χ0n) is 28.3. The fourth-order valence-corrected chi connectivity index (χ4v) is 5.41. The van der Waals surface area contributed by atoms with Gasteiger partial charge in [-0.05, 0) is 54.4 Å². The highest BCUT2D eigenvalue weighted by Crippen LogP contribution is 2.33. The van der Waals surface area contributed by atoms with Crippen LogP contribution in [-0.2, 0) is 23.7 Å². The maximum absolute atomic E-state index is 13.7. The van der Waals surface area contributed by atoms with Crippen LogP contribution >= 0.6 is 0 Å². The van der Waals surface area contributed by atoms with Gasteiger partial charge >= 0.3 is 23.9 Å². The summed E-state index contributed by atoms with van der Waals surface area (Å²) in [5, 5.41) is 7.14. The van der Waals surface area contributed by atoms with Gasteiger partial charge in [-0.2, -0.15) is 0 Å². The fraction of sp³-hybridized carbons (Fsp3) is 0.225. The van der Waals surface area contributed by atoms with Gasteiger partial charge in [0.1, 0.15) is 12.7 Å². The first-order valence-electron chi connectivity index (χ1n) is 16.6. The molecule has 0 aliphatic carbocycles. The molecule has 5 aromatic rings. The van der Waals surface area contributed by atoms with Crippen molar-refractivity contribution in [1.29, 1.82) is 0 Å². The molecule has 0 amide bonds. The first-order valence-corrected chi connectivity index (χ1v) is 16.6. The van der Waals surface area contributed by atoms with Crippen molar-refractivity contribution >= 4 is 23.9 Å². The van der Waals surface area contributed by atoms with Gasteiger partial charge in [-0.15, -0.1) is 5.10 Å². The molecular formula is C40H36N2O10. The van der Waals surface area contributed by atoms with Crippen molar-refractivity contribution in [2.45, 2.75) is 50.5 Å². The van der Waals surface area contributed by atoms with Crippen LogP contribution in [0.3, 0.4) is 0 Å². The number of esters is 4. The van der Waals surface area contributed by atoms with E-state index in [1.807, 2.05) is 13.8 Å². The summed E-state index contributed by atoms with van der Waals surface area (Å²) >= 11 is 0. The average Bonchev–Trinajstić information content (AvgIpc) is 3.66.